The Bertz CT molecular complexity index is 360. The van der Waals surface area contributed by atoms with Crippen LogP contribution in [-0.4, -0.2) is 34.2 Å². The lowest BCUT2D eigenvalue weighted by Crippen LogP contribution is -2.48. The molecule has 0 aromatic carbocycles. The van der Waals surface area contributed by atoms with Crippen LogP contribution < -0.4 is 5.32 Å². The SMILES string of the molecule is CC1(C)[C@H](C(=O)O)[C@@H]1C(=O)NCC1(O)CCC1. The van der Waals surface area contributed by atoms with Crippen molar-refractivity contribution in [2.45, 2.75) is 38.7 Å². The summed E-state index contributed by atoms with van der Waals surface area (Å²) in [5.41, 5.74) is -1.23. The molecule has 0 aliphatic heterocycles. The van der Waals surface area contributed by atoms with Gasteiger partial charge in [0, 0.05) is 6.54 Å². The molecule has 0 unspecified atom stereocenters. The van der Waals surface area contributed by atoms with Gasteiger partial charge in [-0.2, -0.15) is 0 Å². The molecule has 2 aliphatic carbocycles. The molecule has 5 nitrogen and oxygen atoms in total. The van der Waals surface area contributed by atoms with E-state index in [1.165, 1.54) is 0 Å². The van der Waals surface area contributed by atoms with E-state index in [1.54, 1.807) is 13.8 Å². The third-order valence-corrected chi connectivity index (χ3v) is 4.25. The van der Waals surface area contributed by atoms with Crippen LogP contribution in [0.5, 0.6) is 0 Å². The minimum atomic E-state index is -0.919. The first-order valence-corrected chi connectivity index (χ1v) is 6.01. The minimum Gasteiger partial charge on any atom is -0.481 e. The van der Waals surface area contributed by atoms with Crippen molar-refractivity contribution < 1.29 is 19.8 Å². The van der Waals surface area contributed by atoms with Crippen molar-refractivity contribution in [1.82, 2.24) is 5.32 Å². The van der Waals surface area contributed by atoms with Crippen molar-refractivity contribution in [3.63, 3.8) is 0 Å². The average molecular weight is 241 g/mol. The fourth-order valence-corrected chi connectivity index (χ4v) is 2.71. The Morgan fingerprint density at radius 2 is 1.88 bits per heavy atom. The second-order valence-corrected chi connectivity index (χ2v) is 5.91. The maximum absolute atomic E-state index is 11.8. The van der Waals surface area contributed by atoms with Crippen molar-refractivity contribution >= 4 is 11.9 Å². The molecule has 1 amide bonds. The molecular weight excluding hydrogens is 222 g/mol. The average Bonchev–Trinajstić information content (AvgIpc) is 2.75. The Morgan fingerprint density at radius 1 is 1.29 bits per heavy atom. The Labute approximate surface area is 100 Å². The first kappa shape index (κ1) is 12.4. The zero-order valence-corrected chi connectivity index (χ0v) is 10.2. The largest absolute Gasteiger partial charge is 0.481 e. The molecular formula is C12H19NO4. The monoisotopic (exact) mass is 241 g/mol. The number of carboxylic acids is 1. The zero-order valence-electron chi connectivity index (χ0n) is 10.2. The lowest BCUT2D eigenvalue weighted by atomic mass is 9.80. The van der Waals surface area contributed by atoms with Crippen LogP contribution in [0.2, 0.25) is 0 Å². The standard InChI is InChI=1S/C12H19NO4/c1-11(2)7(8(11)10(15)16)9(14)13-6-12(17)4-3-5-12/h7-8,17H,3-6H2,1-2H3,(H,13,14)(H,15,16)/t7-,8+/m1/s1. The van der Waals surface area contributed by atoms with Crippen LogP contribution in [0.1, 0.15) is 33.1 Å². The molecule has 0 heterocycles. The minimum absolute atomic E-state index is 0.241. The highest BCUT2D eigenvalue weighted by Crippen LogP contribution is 2.58. The quantitative estimate of drug-likeness (QED) is 0.664. The normalized spacial score (nSPS) is 32.4. The second kappa shape index (κ2) is 3.70. The summed E-state index contributed by atoms with van der Waals surface area (Å²) < 4.78 is 0. The van der Waals surface area contributed by atoms with Crippen molar-refractivity contribution in [3.05, 3.63) is 0 Å². The molecule has 2 saturated carbocycles. The Kier molecular flexibility index (Phi) is 2.69. The van der Waals surface area contributed by atoms with Gasteiger partial charge in [0.15, 0.2) is 0 Å². The van der Waals surface area contributed by atoms with Crippen LogP contribution in [0.25, 0.3) is 0 Å². The molecule has 17 heavy (non-hydrogen) atoms. The van der Waals surface area contributed by atoms with E-state index in [2.05, 4.69) is 5.32 Å². The van der Waals surface area contributed by atoms with Gasteiger partial charge in [-0.15, -0.1) is 0 Å². The summed E-state index contributed by atoms with van der Waals surface area (Å²) in [5, 5.41) is 21.5. The van der Waals surface area contributed by atoms with E-state index in [0.29, 0.717) is 12.8 Å². The Balaban J connectivity index is 1.87. The number of carbonyl (C=O) groups is 2. The van der Waals surface area contributed by atoms with Gasteiger partial charge in [0.2, 0.25) is 5.91 Å². The number of amides is 1. The number of carboxylic acid groups (broad SMARTS) is 1. The highest BCUT2D eigenvalue weighted by Gasteiger charge is 2.65. The van der Waals surface area contributed by atoms with Crippen LogP contribution in [-0.2, 0) is 9.59 Å². The van der Waals surface area contributed by atoms with Gasteiger partial charge in [0.1, 0.15) is 0 Å². The summed E-state index contributed by atoms with van der Waals surface area (Å²) in [6, 6.07) is 0. The molecule has 0 saturated heterocycles. The van der Waals surface area contributed by atoms with Gasteiger partial charge in [-0.3, -0.25) is 9.59 Å². The summed E-state index contributed by atoms with van der Waals surface area (Å²) in [7, 11) is 0. The third kappa shape index (κ3) is 2.04. The van der Waals surface area contributed by atoms with Gasteiger partial charge in [-0.25, -0.2) is 0 Å². The number of rotatable bonds is 4. The van der Waals surface area contributed by atoms with E-state index in [9.17, 15) is 14.7 Å². The second-order valence-electron chi connectivity index (χ2n) is 5.91. The molecule has 96 valence electrons. The van der Waals surface area contributed by atoms with Gasteiger partial charge >= 0.3 is 5.97 Å². The van der Waals surface area contributed by atoms with Gasteiger partial charge in [-0.05, 0) is 24.7 Å². The molecule has 0 radical (unpaired) electrons. The van der Waals surface area contributed by atoms with Crippen LogP contribution in [0.15, 0.2) is 0 Å². The molecule has 0 aromatic rings. The van der Waals surface area contributed by atoms with E-state index in [4.69, 9.17) is 5.11 Å². The summed E-state index contributed by atoms with van der Waals surface area (Å²) >= 11 is 0. The summed E-state index contributed by atoms with van der Waals surface area (Å²) in [4.78, 5) is 22.8. The lowest BCUT2D eigenvalue weighted by molar-refractivity contribution is -0.140. The molecule has 0 bridgehead atoms. The van der Waals surface area contributed by atoms with Gasteiger partial charge in [0.05, 0.1) is 17.4 Å². The van der Waals surface area contributed by atoms with Crippen LogP contribution >= 0.6 is 0 Å². The molecule has 2 aliphatic rings. The fourth-order valence-electron chi connectivity index (χ4n) is 2.71. The molecule has 2 rings (SSSR count). The zero-order chi connectivity index (χ0) is 12.8. The van der Waals surface area contributed by atoms with Gasteiger partial charge < -0.3 is 15.5 Å². The summed E-state index contributed by atoms with van der Waals surface area (Å²) in [6.45, 7) is 3.81. The number of nitrogens with one attached hydrogen (secondary N) is 1. The van der Waals surface area contributed by atoms with E-state index < -0.39 is 28.8 Å². The number of aliphatic carboxylic acids is 1. The molecule has 2 fully saturated rings. The Morgan fingerprint density at radius 3 is 2.24 bits per heavy atom. The Hall–Kier alpha value is -1.10. The van der Waals surface area contributed by atoms with Gasteiger partial charge in [-0.1, -0.05) is 13.8 Å². The van der Waals surface area contributed by atoms with Crippen molar-refractivity contribution in [1.29, 1.82) is 0 Å². The third-order valence-electron chi connectivity index (χ3n) is 4.25. The topological polar surface area (TPSA) is 86.6 Å². The number of hydrogen-bond donors (Lipinski definition) is 3. The molecule has 0 aromatic heterocycles. The van der Waals surface area contributed by atoms with Gasteiger partial charge in [0.25, 0.3) is 0 Å². The van der Waals surface area contributed by atoms with Crippen molar-refractivity contribution in [2.24, 2.45) is 17.3 Å². The first-order chi connectivity index (χ1) is 7.78. The van der Waals surface area contributed by atoms with Crippen molar-refractivity contribution in [3.8, 4) is 0 Å². The maximum atomic E-state index is 11.8. The summed E-state index contributed by atoms with van der Waals surface area (Å²) in [5.74, 6) is -2.23. The highest BCUT2D eigenvalue weighted by molar-refractivity contribution is 5.91. The highest BCUT2D eigenvalue weighted by atomic mass is 16.4. The predicted octanol–water partition coefficient (Wildman–Crippen LogP) is 0.374. The van der Waals surface area contributed by atoms with E-state index in [-0.39, 0.29) is 12.5 Å². The maximum Gasteiger partial charge on any atom is 0.307 e. The smallest absolute Gasteiger partial charge is 0.307 e. The molecule has 3 N–H and O–H groups in total. The van der Waals surface area contributed by atoms with E-state index in [1.807, 2.05) is 0 Å². The van der Waals surface area contributed by atoms with Crippen molar-refractivity contribution in [2.75, 3.05) is 6.54 Å². The molecule has 5 heteroatoms. The number of carbonyl (C=O) groups excluding carboxylic acids is 1. The number of aliphatic hydroxyl groups is 1. The van der Waals surface area contributed by atoms with E-state index in [0.717, 1.165) is 6.42 Å². The van der Waals surface area contributed by atoms with Crippen LogP contribution in [0, 0.1) is 17.3 Å². The van der Waals surface area contributed by atoms with Crippen LogP contribution in [0.3, 0.4) is 0 Å². The molecule has 0 spiro atoms. The molecule has 2 atom stereocenters. The lowest BCUT2D eigenvalue weighted by Gasteiger charge is -2.36. The van der Waals surface area contributed by atoms with E-state index >= 15 is 0 Å². The summed E-state index contributed by atoms with van der Waals surface area (Å²) in [6.07, 6.45) is 2.41. The first-order valence-electron chi connectivity index (χ1n) is 6.01. The van der Waals surface area contributed by atoms with Crippen LogP contribution in [0.4, 0.5) is 0 Å². The fraction of sp³-hybridized carbons (Fsp3) is 0.833. The number of hydrogen-bond acceptors (Lipinski definition) is 3. The predicted molar refractivity (Wildman–Crippen MR) is 60.2 cm³/mol.